The van der Waals surface area contributed by atoms with Crippen molar-refractivity contribution < 1.29 is 8.42 Å². The standard InChI is InChI=1S/C15H18ClN3O2S2/c1-10-7-17-8-14(10)19-13-3-2-11(6-12(13)16)23(20,21)9-15-18-4-5-22-15/h2-6,10,14,17,19H,7-9H2,1H3/t10-,14+/m1/s1. The van der Waals surface area contributed by atoms with Crippen LogP contribution >= 0.6 is 22.9 Å². The molecule has 23 heavy (non-hydrogen) atoms. The van der Waals surface area contributed by atoms with Gasteiger partial charge in [-0.15, -0.1) is 11.3 Å². The molecule has 2 heterocycles. The van der Waals surface area contributed by atoms with Crippen molar-refractivity contribution in [2.75, 3.05) is 18.4 Å². The Kier molecular flexibility index (Phi) is 4.91. The van der Waals surface area contributed by atoms with Crippen LogP contribution in [-0.2, 0) is 15.6 Å². The predicted molar refractivity (Wildman–Crippen MR) is 93.9 cm³/mol. The maximum Gasteiger partial charge on any atom is 0.184 e. The van der Waals surface area contributed by atoms with Crippen molar-refractivity contribution in [2.24, 2.45) is 5.92 Å². The summed E-state index contributed by atoms with van der Waals surface area (Å²) in [6.07, 6.45) is 1.60. The second-order valence-corrected chi connectivity index (χ2v) is 9.09. The molecule has 1 aromatic carbocycles. The number of hydrogen-bond donors (Lipinski definition) is 2. The Bertz CT molecular complexity index is 778. The summed E-state index contributed by atoms with van der Waals surface area (Å²) < 4.78 is 24.9. The Balaban J connectivity index is 1.78. The maximum absolute atomic E-state index is 12.4. The SMILES string of the molecule is C[C@@H]1CNC[C@@H]1Nc1ccc(S(=O)(=O)Cc2nccs2)cc1Cl. The van der Waals surface area contributed by atoms with E-state index in [9.17, 15) is 8.42 Å². The smallest absolute Gasteiger partial charge is 0.184 e. The minimum absolute atomic E-state index is 0.0999. The third-order valence-corrected chi connectivity index (χ3v) is 6.86. The zero-order chi connectivity index (χ0) is 16.4. The van der Waals surface area contributed by atoms with Crippen molar-refractivity contribution in [3.05, 3.63) is 39.8 Å². The number of sulfone groups is 1. The van der Waals surface area contributed by atoms with Crippen LogP contribution in [0.4, 0.5) is 5.69 Å². The molecule has 5 nitrogen and oxygen atoms in total. The van der Waals surface area contributed by atoms with Gasteiger partial charge in [-0.1, -0.05) is 18.5 Å². The predicted octanol–water partition coefficient (Wildman–Crippen LogP) is 2.79. The van der Waals surface area contributed by atoms with Gasteiger partial charge in [0.05, 0.1) is 15.6 Å². The fourth-order valence-corrected chi connectivity index (χ4v) is 5.16. The van der Waals surface area contributed by atoms with Gasteiger partial charge in [0.2, 0.25) is 0 Å². The van der Waals surface area contributed by atoms with Crippen molar-refractivity contribution in [1.29, 1.82) is 0 Å². The van der Waals surface area contributed by atoms with Crippen LogP contribution in [0.3, 0.4) is 0 Å². The average Bonchev–Trinajstić information content (AvgIpc) is 3.13. The number of halogens is 1. The van der Waals surface area contributed by atoms with E-state index in [2.05, 4.69) is 22.5 Å². The molecule has 0 aliphatic carbocycles. The number of thiazole rings is 1. The van der Waals surface area contributed by atoms with Gasteiger partial charge < -0.3 is 10.6 Å². The summed E-state index contributed by atoms with van der Waals surface area (Å²) in [4.78, 5) is 4.25. The van der Waals surface area contributed by atoms with Gasteiger partial charge in [-0.25, -0.2) is 13.4 Å². The van der Waals surface area contributed by atoms with Crippen LogP contribution in [0.5, 0.6) is 0 Å². The van der Waals surface area contributed by atoms with Crippen LogP contribution in [0.2, 0.25) is 5.02 Å². The average molecular weight is 372 g/mol. The van der Waals surface area contributed by atoms with E-state index in [1.54, 1.807) is 23.7 Å². The molecule has 1 aliphatic heterocycles. The number of aromatic nitrogens is 1. The van der Waals surface area contributed by atoms with Crippen LogP contribution in [0, 0.1) is 5.92 Å². The Morgan fingerprint density at radius 3 is 2.87 bits per heavy atom. The van der Waals surface area contributed by atoms with E-state index in [1.807, 2.05) is 0 Å². The molecule has 8 heteroatoms. The Hall–Kier alpha value is -1.15. The molecule has 0 bridgehead atoms. The number of nitrogens with zero attached hydrogens (tertiary/aromatic N) is 1. The number of benzene rings is 1. The summed E-state index contributed by atoms with van der Waals surface area (Å²) in [5, 5.41) is 9.46. The van der Waals surface area contributed by atoms with Crippen molar-refractivity contribution in [1.82, 2.24) is 10.3 Å². The second kappa shape index (κ2) is 6.76. The fourth-order valence-electron chi connectivity index (χ4n) is 2.58. The minimum atomic E-state index is -3.44. The van der Waals surface area contributed by atoms with Gasteiger partial charge in [0.25, 0.3) is 0 Å². The van der Waals surface area contributed by atoms with E-state index in [-0.39, 0.29) is 10.6 Å². The third-order valence-electron chi connectivity index (χ3n) is 3.95. The molecule has 0 amide bonds. The molecular weight excluding hydrogens is 354 g/mol. The van der Waals surface area contributed by atoms with Crippen molar-refractivity contribution in [3.8, 4) is 0 Å². The molecule has 1 fully saturated rings. The van der Waals surface area contributed by atoms with E-state index in [1.165, 1.54) is 17.4 Å². The van der Waals surface area contributed by atoms with Gasteiger partial charge in [0, 0.05) is 24.2 Å². The molecule has 0 spiro atoms. The quantitative estimate of drug-likeness (QED) is 0.845. The van der Waals surface area contributed by atoms with Crippen LogP contribution < -0.4 is 10.6 Å². The zero-order valence-corrected chi connectivity index (χ0v) is 15.0. The Morgan fingerprint density at radius 1 is 1.43 bits per heavy atom. The molecule has 2 aromatic rings. The number of hydrogen-bond acceptors (Lipinski definition) is 6. The van der Waals surface area contributed by atoms with E-state index >= 15 is 0 Å². The normalized spacial score (nSPS) is 21.5. The second-order valence-electron chi connectivity index (χ2n) is 5.71. The van der Waals surface area contributed by atoms with Gasteiger partial charge >= 0.3 is 0 Å². The van der Waals surface area contributed by atoms with Crippen LogP contribution in [0.1, 0.15) is 11.9 Å². The first-order chi connectivity index (χ1) is 11.0. The molecule has 1 saturated heterocycles. The first-order valence-corrected chi connectivity index (χ1v) is 10.2. The third kappa shape index (κ3) is 3.85. The van der Waals surface area contributed by atoms with Crippen LogP contribution in [0.25, 0.3) is 0 Å². The summed E-state index contributed by atoms with van der Waals surface area (Å²) in [6.45, 7) is 4.01. The van der Waals surface area contributed by atoms with Gasteiger partial charge in [0.1, 0.15) is 10.8 Å². The molecule has 0 saturated carbocycles. The van der Waals surface area contributed by atoms with Gasteiger partial charge in [0.15, 0.2) is 9.84 Å². The first kappa shape index (κ1) is 16.7. The highest BCUT2D eigenvalue weighted by molar-refractivity contribution is 7.90. The molecule has 124 valence electrons. The Morgan fingerprint density at radius 2 is 2.26 bits per heavy atom. The lowest BCUT2D eigenvalue weighted by molar-refractivity contribution is 0.593. The van der Waals surface area contributed by atoms with Gasteiger partial charge in [-0.05, 0) is 30.7 Å². The van der Waals surface area contributed by atoms with Gasteiger partial charge in [-0.2, -0.15) is 0 Å². The lowest BCUT2D eigenvalue weighted by atomic mass is 10.1. The number of nitrogens with one attached hydrogen (secondary N) is 2. The summed E-state index contributed by atoms with van der Waals surface area (Å²) in [7, 11) is -3.44. The number of anilines is 1. The van der Waals surface area contributed by atoms with Crippen molar-refractivity contribution >= 4 is 38.5 Å². The highest BCUT2D eigenvalue weighted by Gasteiger charge is 2.24. The monoisotopic (exact) mass is 371 g/mol. The van der Waals surface area contributed by atoms with Crippen LogP contribution in [0.15, 0.2) is 34.7 Å². The molecular formula is C15H18ClN3O2S2. The van der Waals surface area contributed by atoms with E-state index in [0.29, 0.717) is 22.0 Å². The molecule has 2 atom stereocenters. The van der Waals surface area contributed by atoms with Crippen LogP contribution in [-0.4, -0.2) is 32.5 Å². The number of rotatable bonds is 5. The molecule has 3 rings (SSSR count). The van der Waals surface area contributed by atoms with Gasteiger partial charge in [-0.3, -0.25) is 0 Å². The highest BCUT2D eigenvalue weighted by atomic mass is 35.5. The zero-order valence-electron chi connectivity index (χ0n) is 12.6. The summed E-state index contributed by atoms with van der Waals surface area (Å²) in [6, 6.07) is 5.15. The van der Waals surface area contributed by atoms with Crippen molar-refractivity contribution in [2.45, 2.75) is 23.6 Å². The highest BCUT2D eigenvalue weighted by Crippen LogP contribution is 2.29. The molecule has 0 unspecified atom stereocenters. The largest absolute Gasteiger partial charge is 0.380 e. The van der Waals surface area contributed by atoms with E-state index < -0.39 is 9.84 Å². The van der Waals surface area contributed by atoms with E-state index in [0.717, 1.165) is 18.8 Å². The fraction of sp³-hybridized carbons (Fsp3) is 0.400. The topological polar surface area (TPSA) is 71.1 Å². The summed E-state index contributed by atoms with van der Waals surface area (Å²) in [5.74, 6) is 0.400. The maximum atomic E-state index is 12.4. The Labute approximate surface area is 145 Å². The minimum Gasteiger partial charge on any atom is -0.380 e. The lowest BCUT2D eigenvalue weighted by Crippen LogP contribution is -2.26. The van der Waals surface area contributed by atoms with E-state index in [4.69, 9.17) is 11.6 Å². The molecule has 2 N–H and O–H groups in total. The summed E-state index contributed by atoms with van der Waals surface area (Å²) in [5.41, 5.74) is 0.764. The first-order valence-electron chi connectivity index (χ1n) is 7.33. The molecule has 1 aliphatic rings. The molecule has 1 aromatic heterocycles. The molecule has 0 radical (unpaired) electrons. The summed E-state index contributed by atoms with van der Waals surface area (Å²) >= 11 is 7.61. The lowest BCUT2D eigenvalue weighted by Gasteiger charge is -2.19. The van der Waals surface area contributed by atoms with Crippen molar-refractivity contribution in [3.63, 3.8) is 0 Å².